The summed E-state index contributed by atoms with van der Waals surface area (Å²) in [6, 6.07) is 11.2. The van der Waals surface area contributed by atoms with Crippen molar-refractivity contribution in [2.24, 2.45) is 0 Å². The third-order valence-corrected chi connectivity index (χ3v) is 3.25. The van der Waals surface area contributed by atoms with Crippen LogP contribution < -0.4 is 14.8 Å². The number of halogens is 1. The summed E-state index contributed by atoms with van der Waals surface area (Å²) in [4.78, 5) is 4.40. The first kappa shape index (κ1) is 14.7. The molecule has 1 aromatic heterocycles. The fraction of sp³-hybridized carbons (Fsp3) is 0.267. The second-order valence-electron chi connectivity index (χ2n) is 4.19. The maximum atomic E-state index is 5.78. The number of aromatic nitrogens is 1. The Hall–Kier alpha value is -1.75. The molecule has 0 radical (unpaired) electrons. The predicted octanol–water partition coefficient (Wildman–Crippen LogP) is 4.47. The number of nitrogens with zero attached hydrogens (tertiary/aromatic N) is 1. The minimum atomic E-state index is 0.553. The molecular weight excluding hydrogens is 320 g/mol. The molecule has 1 N–H and O–H groups in total. The largest absolute Gasteiger partial charge is 0.497 e. The average Bonchev–Trinajstić information content (AvgIpc) is 2.47. The lowest BCUT2D eigenvalue weighted by atomic mass is 10.3. The van der Waals surface area contributed by atoms with E-state index in [0.717, 1.165) is 29.0 Å². The van der Waals surface area contributed by atoms with Crippen molar-refractivity contribution in [2.75, 3.05) is 19.0 Å². The Balaban J connectivity index is 2.13. The standard InChI is InChI=1S/C15H17BrN2O2/c1-3-9-17-14-5-4-6-15(18-14)20-13-8-7-11(19-2)10-12(13)16/h4-8,10H,3,9H2,1-2H3,(H,17,18). The van der Waals surface area contributed by atoms with E-state index in [-0.39, 0.29) is 0 Å². The van der Waals surface area contributed by atoms with Crippen LogP contribution in [0.15, 0.2) is 40.9 Å². The second kappa shape index (κ2) is 7.14. The van der Waals surface area contributed by atoms with Crippen molar-refractivity contribution < 1.29 is 9.47 Å². The number of hydrogen-bond donors (Lipinski definition) is 1. The highest BCUT2D eigenvalue weighted by Crippen LogP contribution is 2.32. The van der Waals surface area contributed by atoms with Gasteiger partial charge in [0.2, 0.25) is 5.88 Å². The van der Waals surface area contributed by atoms with E-state index in [1.807, 2.05) is 36.4 Å². The number of hydrogen-bond acceptors (Lipinski definition) is 4. The molecule has 0 unspecified atom stereocenters. The van der Waals surface area contributed by atoms with Gasteiger partial charge in [-0.05, 0) is 46.6 Å². The van der Waals surface area contributed by atoms with Crippen molar-refractivity contribution >= 4 is 21.7 Å². The number of pyridine rings is 1. The van der Waals surface area contributed by atoms with Gasteiger partial charge in [0.05, 0.1) is 11.6 Å². The van der Waals surface area contributed by atoms with Crippen LogP contribution in [0.3, 0.4) is 0 Å². The van der Waals surface area contributed by atoms with Crippen molar-refractivity contribution in [3.05, 3.63) is 40.9 Å². The van der Waals surface area contributed by atoms with Crippen LogP contribution in [0.4, 0.5) is 5.82 Å². The van der Waals surface area contributed by atoms with Gasteiger partial charge < -0.3 is 14.8 Å². The quantitative estimate of drug-likeness (QED) is 0.845. The molecule has 4 nitrogen and oxygen atoms in total. The molecule has 0 amide bonds. The summed E-state index contributed by atoms with van der Waals surface area (Å²) in [7, 11) is 1.63. The van der Waals surface area contributed by atoms with Gasteiger partial charge >= 0.3 is 0 Å². The Bertz CT molecular complexity index is 576. The number of methoxy groups -OCH3 is 1. The van der Waals surface area contributed by atoms with Gasteiger partial charge in [0, 0.05) is 12.6 Å². The minimum Gasteiger partial charge on any atom is -0.497 e. The lowest BCUT2D eigenvalue weighted by Gasteiger charge is -2.10. The van der Waals surface area contributed by atoms with Crippen LogP contribution in [0.5, 0.6) is 17.4 Å². The first-order valence-electron chi connectivity index (χ1n) is 6.45. The summed E-state index contributed by atoms with van der Waals surface area (Å²) in [6.45, 7) is 3.00. The lowest BCUT2D eigenvalue weighted by Crippen LogP contribution is -2.02. The van der Waals surface area contributed by atoms with Crippen LogP contribution in [0, 0.1) is 0 Å². The van der Waals surface area contributed by atoms with Crippen molar-refractivity contribution in [3.8, 4) is 17.4 Å². The normalized spacial score (nSPS) is 10.2. The fourth-order valence-electron chi connectivity index (χ4n) is 1.63. The smallest absolute Gasteiger partial charge is 0.221 e. The predicted molar refractivity (Wildman–Crippen MR) is 83.8 cm³/mol. The third kappa shape index (κ3) is 3.87. The molecular formula is C15H17BrN2O2. The van der Waals surface area contributed by atoms with Crippen molar-refractivity contribution in [1.29, 1.82) is 0 Å². The Morgan fingerprint density at radius 2 is 2.10 bits per heavy atom. The molecule has 5 heteroatoms. The van der Waals surface area contributed by atoms with E-state index in [4.69, 9.17) is 9.47 Å². The van der Waals surface area contributed by atoms with Crippen molar-refractivity contribution in [2.45, 2.75) is 13.3 Å². The molecule has 20 heavy (non-hydrogen) atoms. The number of ether oxygens (including phenoxy) is 2. The van der Waals surface area contributed by atoms with E-state index in [0.29, 0.717) is 11.6 Å². The van der Waals surface area contributed by atoms with Crippen LogP contribution in [0.1, 0.15) is 13.3 Å². The second-order valence-corrected chi connectivity index (χ2v) is 5.04. The molecule has 0 saturated carbocycles. The molecule has 1 aromatic carbocycles. The van der Waals surface area contributed by atoms with Crippen LogP contribution in [0.25, 0.3) is 0 Å². The lowest BCUT2D eigenvalue weighted by molar-refractivity contribution is 0.411. The molecule has 106 valence electrons. The highest BCUT2D eigenvalue weighted by molar-refractivity contribution is 9.10. The van der Waals surface area contributed by atoms with E-state index in [9.17, 15) is 0 Å². The van der Waals surface area contributed by atoms with Gasteiger partial charge in [-0.3, -0.25) is 0 Å². The maximum absolute atomic E-state index is 5.78. The van der Waals surface area contributed by atoms with Gasteiger partial charge in [0.15, 0.2) is 0 Å². The van der Waals surface area contributed by atoms with Gasteiger partial charge in [-0.2, -0.15) is 4.98 Å². The molecule has 0 atom stereocenters. The number of benzene rings is 1. The molecule has 0 aliphatic carbocycles. The Kier molecular flexibility index (Phi) is 5.24. The van der Waals surface area contributed by atoms with Gasteiger partial charge in [0.25, 0.3) is 0 Å². The highest BCUT2D eigenvalue weighted by atomic mass is 79.9. The van der Waals surface area contributed by atoms with E-state index < -0.39 is 0 Å². The maximum Gasteiger partial charge on any atom is 0.221 e. The van der Waals surface area contributed by atoms with Crippen LogP contribution >= 0.6 is 15.9 Å². The fourth-order valence-corrected chi connectivity index (χ4v) is 2.07. The monoisotopic (exact) mass is 336 g/mol. The topological polar surface area (TPSA) is 43.4 Å². The summed E-state index contributed by atoms with van der Waals surface area (Å²) >= 11 is 3.46. The zero-order chi connectivity index (χ0) is 14.4. The van der Waals surface area contributed by atoms with Gasteiger partial charge in [-0.1, -0.05) is 13.0 Å². The van der Waals surface area contributed by atoms with E-state index in [2.05, 4.69) is 33.2 Å². The zero-order valence-electron chi connectivity index (χ0n) is 11.5. The molecule has 0 spiro atoms. The van der Waals surface area contributed by atoms with Gasteiger partial charge in [-0.15, -0.1) is 0 Å². The summed E-state index contributed by atoms with van der Waals surface area (Å²) in [5.74, 6) is 2.84. The zero-order valence-corrected chi connectivity index (χ0v) is 13.1. The summed E-state index contributed by atoms with van der Waals surface area (Å²) < 4.78 is 11.8. The molecule has 0 aliphatic heterocycles. The van der Waals surface area contributed by atoms with Gasteiger partial charge in [-0.25, -0.2) is 0 Å². The first-order chi connectivity index (χ1) is 9.72. The third-order valence-electron chi connectivity index (χ3n) is 2.63. The molecule has 0 fully saturated rings. The molecule has 0 saturated heterocycles. The average molecular weight is 337 g/mol. The van der Waals surface area contributed by atoms with E-state index in [1.165, 1.54) is 0 Å². The van der Waals surface area contributed by atoms with Crippen LogP contribution in [-0.2, 0) is 0 Å². The number of rotatable bonds is 6. The van der Waals surface area contributed by atoms with Crippen molar-refractivity contribution in [1.82, 2.24) is 4.98 Å². The van der Waals surface area contributed by atoms with Crippen LogP contribution in [0.2, 0.25) is 0 Å². The Morgan fingerprint density at radius 3 is 2.80 bits per heavy atom. The Labute approximate surface area is 127 Å². The number of anilines is 1. The molecule has 0 aliphatic rings. The van der Waals surface area contributed by atoms with Crippen molar-refractivity contribution in [3.63, 3.8) is 0 Å². The number of nitrogens with one attached hydrogen (secondary N) is 1. The summed E-state index contributed by atoms with van der Waals surface area (Å²) in [5.41, 5.74) is 0. The highest BCUT2D eigenvalue weighted by Gasteiger charge is 2.06. The summed E-state index contributed by atoms with van der Waals surface area (Å²) in [5, 5.41) is 3.23. The Morgan fingerprint density at radius 1 is 1.25 bits per heavy atom. The van der Waals surface area contributed by atoms with E-state index in [1.54, 1.807) is 7.11 Å². The van der Waals surface area contributed by atoms with Crippen LogP contribution in [-0.4, -0.2) is 18.6 Å². The first-order valence-corrected chi connectivity index (χ1v) is 7.24. The SMILES string of the molecule is CCCNc1cccc(Oc2ccc(OC)cc2Br)n1. The molecule has 1 heterocycles. The molecule has 2 rings (SSSR count). The van der Waals surface area contributed by atoms with Gasteiger partial charge in [0.1, 0.15) is 17.3 Å². The molecule has 0 bridgehead atoms. The molecule has 2 aromatic rings. The minimum absolute atomic E-state index is 0.553. The van der Waals surface area contributed by atoms with E-state index >= 15 is 0 Å². The summed E-state index contributed by atoms with van der Waals surface area (Å²) in [6.07, 6.45) is 1.05.